The van der Waals surface area contributed by atoms with Crippen LogP contribution in [0.15, 0.2) is 0 Å². The second kappa shape index (κ2) is 7.73. The van der Waals surface area contributed by atoms with Crippen LogP contribution in [0.25, 0.3) is 0 Å². The van der Waals surface area contributed by atoms with E-state index in [1.54, 1.807) is 0 Å². The van der Waals surface area contributed by atoms with Gasteiger partial charge in [0, 0.05) is 25.6 Å². The van der Waals surface area contributed by atoms with Crippen LogP contribution < -0.4 is 10.6 Å². The van der Waals surface area contributed by atoms with Gasteiger partial charge in [-0.15, -0.1) is 0 Å². The summed E-state index contributed by atoms with van der Waals surface area (Å²) in [5, 5.41) is 13.1. The van der Waals surface area contributed by atoms with Gasteiger partial charge in [-0.25, -0.2) is 4.79 Å². The molecule has 0 spiro atoms. The minimum Gasteiger partial charge on any atom is -0.481 e. The SMILES string of the molecule is CCN(CCNC(=O)NC(=O)CCC(=O)O)C1CC1. The molecule has 0 heterocycles. The van der Waals surface area contributed by atoms with E-state index in [1.807, 2.05) is 0 Å². The van der Waals surface area contributed by atoms with Crippen molar-refractivity contribution in [1.82, 2.24) is 15.5 Å². The van der Waals surface area contributed by atoms with E-state index in [0.717, 1.165) is 13.1 Å². The van der Waals surface area contributed by atoms with Crippen LogP contribution in [-0.2, 0) is 9.59 Å². The summed E-state index contributed by atoms with van der Waals surface area (Å²) >= 11 is 0. The minimum absolute atomic E-state index is 0.189. The Balaban J connectivity index is 2.09. The summed E-state index contributed by atoms with van der Waals surface area (Å²) in [5.74, 6) is -1.63. The highest BCUT2D eigenvalue weighted by atomic mass is 16.4. The molecule has 0 aromatic rings. The van der Waals surface area contributed by atoms with Gasteiger partial charge in [0.15, 0.2) is 0 Å². The van der Waals surface area contributed by atoms with Crippen LogP contribution in [-0.4, -0.2) is 53.6 Å². The lowest BCUT2D eigenvalue weighted by atomic mass is 10.3. The molecule has 7 nitrogen and oxygen atoms in total. The topological polar surface area (TPSA) is 98.7 Å². The summed E-state index contributed by atoms with van der Waals surface area (Å²) in [4.78, 5) is 35.1. The van der Waals surface area contributed by atoms with E-state index < -0.39 is 17.9 Å². The number of imide groups is 1. The average molecular weight is 271 g/mol. The number of nitrogens with zero attached hydrogens (tertiary/aromatic N) is 1. The number of hydrogen-bond acceptors (Lipinski definition) is 4. The number of hydrogen-bond donors (Lipinski definition) is 3. The summed E-state index contributed by atoms with van der Waals surface area (Å²) in [6.07, 6.45) is 1.97. The second-order valence-electron chi connectivity index (χ2n) is 4.56. The van der Waals surface area contributed by atoms with Crippen molar-refractivity contribution >= 4 is 17.9 Å². The quantitative estimate of drug-likeness (QED) is 0.584. The van der Waals surface area contributed by atoms with Crippen LogP contribution in [0.3, 0.4) is 0 Å². The monoisotopic (exact) mass is 271 g/mol. The largest absolute Gasteiger partial charge is 0.481 e. The Kier molecular flexibility index (Phi) is 6.27. The molecule has 0 aromatic heterocycles. The van der Waals surface area contributed by atoms with Crippen LogP contribution >= 0.6 is 0 Å². The first kappa shape index (κ1) is 15.4. The van der Waals surface area contributed by atoms with Crippen LogP contribution in [0.2, 0.25) is 0 Å². The molecule has 0 atom stereocenters. The Bertz CT molecular complexity index is 342. The Morgan fingerprint density at radius 1 is 1.26 bits per heavy atom. The van der Waals surface area contributed by atoms with Gasteiger partial charge in [0.05, 0.1) is 6.42 Å². The summed E-state index contributed by atoms with van der Waals surface area (Å²) in [6, 6.07) is 0.0781. The normalized spacial score (nSPS) is 14.2. The number of nitrogens with one attached hydrogen (secondary N) is 2. The zero-order valence-electron chi connectivity index (χ0n) is 11.1. The van der Waals surface area contributed by atoms with Gasteiger partial charge in [0.1, 0.15) is 0 Å². The first-order chi connectivity index (χ1) is 9.02. The van der Waals surface area contributed by atoms with Crippen molar-refractivity contribution < 1.29 is 19.5 Å². The zero-order chi connectivity index (χ0) is 14.3. The molecule has 7 heteroatoms. The Hall–Kier alpha value is -1.63. The number of carboxylic acids is 1. The van der Waals surface area contributed by atoms with Gasteiger partial charge in [-0.05, 0) is 19.4 Å². The Morgan fingerprint density at radius 3 is 2.47 bits per heavy atom. The third-order valence-corrected chi connectivity index (χ3v) is 2.97. The van der Waals surface area contributed by atoms with Gasteiger partial charge in [0.25, 0.3) is 0 Å². The third kappa shape index (κ3) is 6.76. The highest BCUT2D eigenvalue weighted by molar-refractivity contribution is 5.95. The van der Waals surface area contributed by atoms with Crippen molar-refractivity contribution in [3.8, 4) is 0 Å². The molecule has 1 aliphatic rings. The number of likely N-dealkylation sites (N-methyl/N-ethyl adjacent to an activating group) is 1. The lowest BCUT2D eigenvalue weighted by Gasteiger charge is -2.19. The highest BCUT2D eigenvalue weighted by Gasteiger charge is 2.27. The molecular formula is C12H21N3O4. The number of urea groups is 1. The fourth-order valence-electron chi connectivity index (χ4n) is 1.81. The number of aliphatic carboxylic acids is 1. The molecule has 19 heavy (non-hydrogen) atoms. The molecule has 3 amide bonds. The van der Waals surface area contributed by atoms with Crippen molar-refractivity contribution in [3.05, 3.63) is 0 Å². The summed E-state index contributed by atoms with van der Waals surface area (Å²) in [6.45, 7) is 4.26. The van der Waals surface area contributed by atoms with E-state index in [9.17, 15) is 14.4 Å². The highest BCUT2D eigenvalue weighted by Crippen LogP contribution is 2.25. The van der Waals surface area contributed by atoms with Crippen molar-refractivity contribution in [2.75, 3.05) is 19.6 Å². The fraction of sp³-hybridized carbons (Fsp3) is 0.750. The van der Waals surface area contributed by atoms with Gasteiger partial charge in [-0.1, -0.05) is 6.92 Å². The molecule has 0 aliphatic heterocycles. The van der Waals surface area contributed by atoms with Crippen molar-refractivity contribution in [2.24, 2.45) is 0 Å². The van der Waals surface area contributed by atoms with E-state index in [0.29, 0.717) is 12.6 Å². The van der Waals surface area contributed by atoms with Gasteiger partial charge < -0.3 is 10.4 Å². The summed E-state index contributed by atoms with van der Waals surface area (Å²) < 4.78 is 0. The Labute approximate surface area is 112 Å². The third-order valence-electron chi connectivity index (χ3n) is 2.97. The maximum atomic E-state index is 11.3. The van der Waals surface area contributed by atoms with E-state index in [1.165, 1.54) is 12.8 Å². The van der Waals surface area contributed by atoms with Crippen molar-refractivity contribution in [3.63, 3.8) is 0 Å². The lowest BCUT2D eigenvalue weighted by molar-refractivity contribution is -0.138. The van der Waals surface area contributed by atoms with Crippen LogP contribution in [0.5, 0.6) is 0 Å². The second-order valence-corrected chi connectivity index (χ2v) is 4.56. The Morgan fingerprint density at radius 2 is 1.95 bits per heavy atom. The van der Waals surface area contributed by atoms with Gasteiger partial charge >= 0.3 is 12.0 Å². The summed E-state index contributed by atoms with van der Waals surface area (Å²) in [7, 11) is 0. The number of amides is 3. The molecule has 0 unspecified atom stereocenters. The standard InChI is InChI=1S/C12H21N3O4/c1-2-15(9-3-4-9)8-7-13-12(19)14-10(16)5-6-11(17)18/h9H,2-8H2,1H3,(H,17,18)(H2,13,14,16,19). The molecule has 108 valence electrons. The summed E-state index contributed by atoms with van der Waals surface area (Å²) in [5.41, 5.74) is 0. The maximum absolute atomic E-state index is 11.3. The van der Waals surface area contributed by atoms with Crippen LogP contribution in [0.4, 0.5) is 4.79 Å². The van der Waals surface area contributed by atoms with Crippen LogP contribution in [0.1, 0.15) is 32.6 Å². The smallest absolute Gasteiger partial charge is 0.321 e. The van der Waals surface area contributed by atoms with E-state index in [-0.39, 0.29) is 12.8 Å². The predicted octanol–water partition coefficient (Wildman–Crippen LogP) is 0.161. The first-order valence-electron chi connectivity index (χ1n) is 6.56. The fourth-order valence-corrected chi connectivity index (χ4v) is 1.81. The lowest BCUT2D eigenvalue weighted by Crippen LogP contribution is -2.43. The van der Waals surface area contributed by atoms with Gasteiger partial charge in [0.2, 0.25) is 5.91 Å². The molecule has 1 fully saturated rings. The first-order valence-corrected chi connectivity index (χ1v) is 6.56. The molecule has 1 rings (SSSR count). The molecule has 0 saturated heterocycles. The number of carboxylic acid groups (broad SMARTS) is 1. The molecule has 0 bridgehead atoms. The zero-order valence-corrected chi connectivity index (χ0v) is 11.1. The minimum atomic E-state index is -1.06. The van der Waals surface area contributed by atoms with E-state index >= 15 is 0 Å². The molecule has 0 aromatic carbocycles. The van der Waals surface area contributed by atoms with E-state index in [2.05, 4.69) is 22.5 Å². The number of rotatable bonds is 8. The predicted molar refractivity (Wildman–Crippen MR) is 68.7 cm³/mol. The molecule has 0 radical (unpaired) electrons. The van der Waals surface area contributed by atoms with Gasteiger partial charge in [-0.2, -0.15) is 0 Å². The average Bonchev–Trinajstić information content (AvgIpc) is 3.16. The van der Waals surface area contributed by atoms with E-state index in [4.69, 9.17) is 5.11 Å². The van der Waals surface area contributed by atoms with Crippen LogP contribution in [0, 0.1) is 0 Å². The maximum Gasteiger partial charge on any atom is 0.321 e. The van der Waals surface area contributed by atoms with Gasteiger partial charge in [-0.3, -0.25) is 19.8 Å². The molecular weight excluding hydrogens is 250 g/mol. The van der Waals surface area contributed by atoms with Crippen molar-refractivity contribution in [1.29, 1.82) is 0 Å². The number of carbonyl (C=O) groups excluding carboxylic acids is 2. The van der Waals surface area contributed by atoms with Crippen molar-refractivity contribution in [2.45, 2.75) is 38.6 Å². The number of carbonyl (C=O) groups is 3. The molecule has 3 N–H and O–H groups in total. The molecule has 1 aliphatic carbocycles. The molecule has 1 saturated carbocycles.